The van der Waals surface area contributed by atoms with E-state index in [0.29, 0.717) is 17.1 Å². The molecule has 1 saturated carbocycles. The molecule has 2 aromatic carbocycles. The summed E-state index contributed by atoms with van der Waals surface area (Å²) in [4.78, 5) is 23.9. The monoisotopic (exact) mass is 603 g/mol. The minimum Gasteiger partial charge on any atom is -0.376 e. The maximum absolute atomic E-state index is 10.6. The largest absolute Gasteiger partial charge is 0.376 e. The lowest BCUT2D eigenvalue weighted by Gasteiger charge is -2.36. The van der Waals surface area contributed by atoms with Gasteiger partial charge in [-0.1, -0.05) is 49.2 Å². The van der Waals surface area contributed by atoms with Crippen molar-refractivity contribution in [3.05, 3.63) is 82.9 Å². The summed E-state index contributed by atoms with van der Waals surface area (Å²) < 4.78 is 3.26. The Morgan fingerprint density at radius 2 is 1.81 bits per heavy atom. The fraction of sp³-hybridized carbons (Fsp3) is 0.375. The summed E-state index contributed by atoms with van der Waals surface area (Å²) in [5, 5.41) is 10.9. The van der Waals surface area contributed by atoms with Crippen molar-refractivity contribution in [2.75, 3.05) is 28.3 Å². The van der Waals surface area contributed by atoms with Crippen LogP contribution in [0.3, 0.4) is 0 Å². The standard InChI is InChI=1S/C32H38ClN7OS/c1-5-9-28(27-18-34-19-30(35-27)39(4)23-12-7-13-23)40(20-41)24-14-8-15-25(16-24)42-38-32-36-26(17-29(33)37-32)31-21(2)10-6-11-22(31)3/h6,8,10-11,14-19,23,28,41H,5,7,9,12-13,20H2,1-4H3,(H,36,37,38). The van der Waals surface area contributed by atoms with Gasteiger partial charge in [0.05, 0.1) is 29.8 Å². The molecule has 1 aliphatic rings. The summed E-state index contributed by atoms with van der Waals surface area (Å²) in [6.45, 7) is 6.14. The number of aliphatic hydroxyl groups is 1. The Hall–Kier alpha value is -3.40. The molecule has 2 heterocycles. The predicted octanol–water partition coefficient (Wildman–Crippen LogP) is 7.61. The van der Waals surface area contributed by atoms with Gasteiger partial charge in [-0.2, -0.15) is 0 Å². The third kappa shape index (κ3) is 6.80. The number of aryl methyl sites for hydroxylation is 2. The van der Waals surface area contributed by atoms with Crippen molar-refractivity contribution < 1.29 is 5.11 Å². The van der Waals surface area contributed by atoms with Crippen LogP contribution in [-0.4, -0.2) is 44.9 Å². The molecule has 0 amide bonds. The zero-order valence-electron chi connectivity index (χ0n) is 24.6. The van der Waals surface area contributed by atoms with Crippen LogP contribution >= 0.6 is 23.5 Å². The summed E-state index contributed by atoms with van der Waals surface area (Å²) >= 11 is 7.80. The molecule has 220 valence electrons. The van der Waals surface area contributed by atoms with E-state index in [2.05, 4.69) is 59.5 Å². The van der Waals surface area contributed by atoms with Gasteiger partial charge < -0.3 is 14.9 Å². The van der Waals surface area contributed by atoms with Crippen molar-refractivity contribution in [2.45, 2.75) is 69.9 Å². The number of hydrogen-bond acceptors (Lipinski definition) is 9. The van der Waals surface area contributed by atoms with E-state index in [1.807, 2.05) is 47.6 Å². The highest BCUT2D eigenvalue weighted by Crippen LogP contribution is 2.34. The SMILES string of the molecule is CCCC(c1cncc(N(C)C2CCC2)n1)N(CO)c1cccc(SNc2nc(Cl)cc(-c3c(C)cccc3C)n2)c1. The number of aromatic nitrogens is 4. The molecule has 8 nitrogen and oxygen atoms in total. The molecule has 0 aliphatic heterocycles. The summed E-state index contributed by atoms with van der Waals surface area (Å²) in [6.07, 6.45) is 9.07. The van der Waals surface area contributed by atoms with Gasteiger partial charge in [0.15, 0.2) is 0 Å². The smallest absolute Gasteiger partial charge is 0.235 e. The van der Waals surface area contributed by atoms with Gasteiger partial charge in [0.25, 0.3) is 0 Å². The summed E-state index contributed by atoms with van der Waals surface area (Å²) in [7, 11) is 2.10. The highest BCUT2D eigenvalue weighted by atomic mass is 35.5. The van der Waals surface area contributed by atoms with Crippen molar-refractivity contribution in [3.63, 3.8) is 0 Å². The van der Waals surface area contributed by atoms with E-state index >= 15 is 0 Å². The number of nitrogens with one attached hydrogen (secondary N) is 1. The van der Waals surface area contributed by atoms with E-state index in [0.717, 1.165) is 57.3 Å². The molecular formula is C32H38ClN7OS. The Bertz CT molecular complexity index is 1500. The molecule has 0 saturated heterocycles. The molecule has 10 heteroatoms. The highest BCUT2D eigenvalue weighted by molar-refractivity contribution is 8.00. The van der Waals surface area contributed by atoms with Crippen LogP contribution in [0.15, 0.2) is 65.8 Å². The predicted molar refractivity (Wildman–Crippen MR) is 173 cm³/mol. The Labute approximate surface area is 257 Å². The van der Waals surface area contributed by atoms with Crippen LogP contribution < -0.4 is 14.5 Å². The second kappa shape index (κ2) is 13.7. The van der Waals surface area contributed by atoms with Crippen LogP contribution in [0.4, 0.5) is 17.5 Å². The quantitative estimate of drug-likeness (QED) is 0.0964. The molecule has 4 aromatic rings. The molecule has 2 aromatic heterocycles. The van der Waals surface area contributed by atoms with Crippen LogP contribution in [-0.2, 0) is 0 Å². The van der Waals surface area contributed by atoms with Gasteiger partial charge in [0, 0.05) is 35.3 Å². The Morgan fingerprint density at radius 3 is 2.50 bits per heavy atom. The van der Waals surface area contributed by atoms with Gasteiger partial charge in [-0.05, 0) is 80.8 Å². The number of aliphatic hydroxyl groups excluding tert-OH is 1. The van der Waals surface area contributed by atoms with E-state index in [1.54, 1.807) is 6.07 Å². The van der Waals surface area contributed by atoms with E-state index in [4.69, 9.17) is 21.6 Å². The summed E-state index contributed by atoms with van der Waals surface area (Å²) in [5.74, 6) is 1.31. The lowest BCUT2D eigenvalue weighted by Crippen LogP contribution is -2.38. The average molecular weight is 604 g/mol. The molecule has 1 aliphatic carbocycles. The molecule has 5 rings (SSSR count). The van der Waals surface area contributed by atoms with E-state index in [9.17, 15) is 5.11 Å². The second-order valence-corrected chi connectivity index (χ2v) is 12.0. The normalized spacial score (nSPS) is 13.9. The van der Waals surface area contributed by atoms with Gasteiger partial charge in [-0.25, -0.2) is 15.0 Å². The van der Waals surface area contributed by atoms with E-state index in [-0.39, 0.29) is 12.8 Å². The van der Waals surface area contributed by atoms with Crippen molar-refractivity contribution in [2.24, 2.45) is 0 Å². The summed E-state index contributed by atoms with van der Waals surface area (Å²) in [5.41, 5.74) is 5.85. The van der Waals surface area contributed by atoms with Crippen LogP contribution in [0, 0.1) is 13.8 Å². The van der Waals surface area contributed by atoms with Crippen LogP contribution in [0.1, 0.15) is 61.9 Å². The second-order valence-electron chi connectivity index (χ2n) is 10.8. The topological polar surface area (TPSA) is 90.3 Å². The minimum atomic E-state index is -0.146. The molecule has 0 radical (unpaired) electrons. The van der Waals surface area contributed by atoms with Crippen molar-refractivity contribution in [1.29, 1.82) is 0 Å². The maximum Gasteiger partial charge on any atom is 0.235 e. The Morgan fingerprint density at radius 1 is 1.05 bits per heavy atom. The van der Waals surface area contributed by atoms with E-state index in [1.165, 1.54) is 31.2 Å². The number of rotatable bonds is 12. The molecule has 1 atom stereocenters. The molecule has 0 spiro atoms. The zero-order valence-corrected chi connectivity index (χ0v) is 26.2. The highest BCUT2D eigenvalue weighted by Gasteiger charge is 2.26. The average Bonchev–Trinajstić information content (AvgIpc) is 2.95. The number of benzene rings is 2. The van der Waals surface area contributed by atoms with E-state index < -0.39 is 0 Å². The summed E-state index contributed by atoms with van der Waals surface area (Å²) in [6, 6.07) is 16.4. The molecule has 1 fully saturated rings. The van der Waals surface area contributed by atoms with Gasteiger partial charge >= 0.3 is 0 Å². The Kier molecular flexibility index (Phi) is 9.82. The number of hydrogen-bond donors (Lipinski definition) is 2. The molecular weight excluding hydrogens is 566 g/mol. The zero-order chi connectivity index (χ0) is 29.6. The van der Waals surface area contributed by atoms with Gasteiger partial charge in [0.2, 0.25) is 5.95 Å². The first-order valence-electron chi connectivity index (χ1n) is 14.4. The van der Waals surface area contributed by atoms with Crippen molar-refractivity contribution in [3.8, 4) is 11.3 Å². The third-order valence-electron chi connectivity index (χ3n) is 7.90. The fourth-order valence-electron chi connectivity index (χ4n) is 5.40. The molecule has 42 heavy (non-hydrogen) atoms. The van der Waals surface area contributed by atoms with Gasteiger partial charge in [-0.3, -0.25) is 9.71 Å². The lowest BCUT2D eigenvalue weighted by atomic mass is 9.92. The first-order chi connectivity index (χ1) is 20.4. The van der Waals surface area contributed by atoms with Crippen LogP contribution in [0.2, 0.25) is 5.15 Å². The molecule has 0 bridgehead atoms. The lowest BCUT2D eigenvalue weighted by molar-refractivity contribution is 0.272. The third-order valence-corrected chi connectivity index (χ3v) is 8.87. The number of anilines is 3. The Balaban J connectivity index is 1.36. The molecule has 2 N–H and O–H groups in total. The van der Waals surface area contributed by atoms with Gasteiger partial charge in [0.1, 0.15) is 17.7 Å². The number of halogens is 1. The van der Waals surface area contributed by atoms with Crippen LogP contribution in [0.25, 0.3) is 11.3 Å². The maximum atomic E-state index is 10.6. The van der Waals surface area contributed by atoms with Crippen molar-refractivity contribution in [1.82, 2.24) is 19.9 Å². The van der Waals surface area contributed by atoms with Crippen molar-refractivity contribution >= 4 is 41.0 Å². The number of nitrogens with zero attached hydrogens (tertiary/aromatic N) is 6. The molecule has 1 unspecified atom stereocenters. The van der Waals surface area contributed by atoms with Crippen LogP contribution in [0.5, 0.6) is 0 Å². The first-order valence-corrected chi connectivity index (χ1v) is 15.6. The minimum absolute atomic E-state index is 0.119. The fourth-order valence-corrected chi connectivity index (χ4v) is 6.21. The first kappa shape index (κ1) is 30.1. The van der Waals surface area contributed by atoms with Gasteiger partial charge in [-0.15, -0.1) is 0 Å².